The van der Waals surface area contributed by atoms with E-state index in [9.17, 15) is 17.6 Å². The third-order valence-corrected chi connectivity index (χ3v) is 7.42. The maximum absolute atomic E-state index is 13.1. The van der Waals surface area contributed by atoms with E-state index in [0.29, 0.717) is 10.8 Å². The topological polar surface area (TPSA) is 95.2 Å². The third kappa shape index (κ3) is 5.33. The Kier molecular flexibility index (Phi) is 6.83. The number of carbonyl (C=O) groups excluding carboxylic acids is 1. The predicted molar refractivity (Wildman–Crippen MR) is 120 cm³/mol. The Balaban J connectivity index is 1.69. The molecule has 2 aromatic carbocycles. The molecule has 0 aliphatic rings. The quantitative estimate of drug-likeness (QED) is 0.521. The summed E-state index contributed by atoms with van der Waals surface area (Å²) in [5, 5.41) is 3.34. The molecule has 1 amide bonds. The number of halogens is 1. The smallest absolute Gasteiger partial charge is 0.242 e. The van der Waals surface area contributed by atoms with Crippen LogP contribution in [0.25, 0.3) is 11.3 Å². The number of aromatic nitrogens is 2. The predicted octanol–water partition coefficient (Wildman–Crippen LogP) is 3.81. The van der Waals surface area contributed by atoms with Crippen molar-refractivity contribution in [3.8, 4) is 11.3 Å². The molecule has 0 aliphatic carbocycles. The molecule has 0 atom stereocenters. The lowest BCUT2D eigenvalue weighted by Gasteiger charge is -2.16. The Labute approximate surface area is 185 Å². The Morgan fingerprint density at radius 1 is 1.19 bits per heavy atom. The number of nitrogens with one attached hydrogen (secondary N) is 2. The number of benzene rings is 2. The van der Waals surface area contributed by atoms with Gasteiger partial charge in [0.05, 0.1) is 22.5 Å². The molecule has 10 heteroatoms. The number of nitrogens with zero attached hydrogens (tertiary/aromatic N) is 2. The highest BCUT2D eigenvalue weighted by Gasteiger charge is 2.20. The molecule has 0 unspecified atom stereocenters. The number of anilines is 1. The summed E-state index contributed by atoms with van der Waals surface area (Å²) in [7, 11) is -0.695. The number of carbonyl (C=O) groups is 1. The van der Waals surface area contributed by atoms with Gasteiger partial charge in [-0.05, 0) is 66.9 Å². The van der Waals surface area contributed by atoms with Gasteiger partial charge in [0.2, 0.25) is 15.9 Å². The normalized spacial score (nSPS) is 11.7. The van der Waals surface area contributed by atoms with Crippen LogP contribution in [0.3, 0.4) is 0 Å². The molecule has 0 saturated carbocycles. The van der Waals surface area contributed by atoms with Gasteiger partial charge in [-0.15, -0.1) is 0 Å². The summed E-state index contributed by atoms with van der Waals surface area (Å²) in [6.07, 6.45) is 1.62. The molecule has 0 spiro atoms. The molecule has 164 valence electrons. The lowest BCUT2D eigenvalue weighted by Crippen LogP contribution is -2.23. The van der Waals surface area contributed by atoms with E-state index in [1.54, 1.807) is 31.3 Å². The van der Waals surface area contributed by atoms with Crippen molar-refractivity contribution in [1.82, 2.24) is 14.3 Å². The number of H-pyrrole nitrogens is 1. The summed E-state index contributed by atoms with van der Waals surface area (Å²) in [6.45, 7) is 3.62. The number of hydrogen-bond donors (Lipinski definition) is 2. The van der Waals surface area contributed by atoms with Gasteiger partial charge in [-0.1, -0.05) is 11.8 Å². The number of imidazole rings is 1. The van der Waals surface area contributed by atoms with E-state index >= 15 is 0 Å². The second kappa shape index (κ2) is 9.21. The molecule has 0 aliphatic heterocycles. The first-order chi connectivity index (χ1) is 14.6. The SMILES string of the molecule is Cc1cc(S(=O)(=O)N(C)C)cc(NC(=O)CSc2ncc(-c3ccc(F)cc3)[nH]2)c1C. The molecule has 1 aromatic heterocycles. The van der Waals surface area contributed by atoms with Crippen molar-refractivity contribution in [2.24, 2.45) is 0 Å². The van der Waals surface area contributed by atoms with Gasteiger partial charge < -0.3 is 10.3 Å². The molecular weight excluding hydrogens is 439 g/mol. The number of amides is 1. The second-order valence-electron chi connectivity index (χ2n) is 7.15. The van der Waals surface area contributed by atoms with Gasteiger partial charge in [-0.3, -0.25) is 4.79 Å². The molecule has 0 radical (unpaired) electrons. The minimum absolute atomic E-state index is 0.0829. The second-order valence-corrected chi connectivity index (χ2v) is 10.3. The van der Waals surface area contributed by atoms with Crippen molar-refractivity contribution in [3.63, 3.8) is 0 Å². The maximum atomic E-state index is 13.1. The zero-order valence-corrected chi connectivity index (χ0v) is 19.2. The van der Waals surface area contributed by atoms with Crippen LogP contribution in [0.1, 0.15) is 11.1 Å². The van der Waals surface area contributed by atoms with Gasteiger partial charge in [-0.2, -0.15) is 0 Å². The fourth-order valence-corrected chi connectivity index (χ4v) is 4.45. The Bertz CT molecular complexity index is 1210. The average molecular weight is 463 g/mol. The molecule has 3 aromatic rings. The van der Waals surface area contributed by atoms with Crippen LogP contribution in [0.2, 0.25) is 0 Å². The summed E-state index contributed by atoms with van der Waals surface area (Å²) in [4.78, 5) is 19.9. The minimum Gasteiger partial charge on any atom is -0.333 e. The molecule has 3 rings (SSSR count). The first-order valence-electron chi connectivity index (χ1n) is 9.35. The van der Waals surface area contributed by atoms with E-state index in [0.717, 1.165) is 26.7 Å². The van der Waals surface area contributed by atoms with Crippen molar-refractivity contribution in [3.05, 3.63) is 59.5 Å². The number of sulfonamides is 1. The molecule has 2 N–H and O–H groups in total. The van der Waals surface area contributed by atoms with Gasteiger partial charge in [-0.25, -0.2) is 22.1 Å². The molecule has 7 nitrogen and oxygen atoms in total. The standard InChI is InChI=1S/C21H23FN4O3S2/c1-13-9-17(31(28,29)26(3)4)10-18(14(13)2)24-20(27)12-30-21-23-11-19(25-21)15-5-7-16(22)8-6-15/h5-11H,12H2,1-4H3,(H,23,25)(H,24,27). The van der Waals surface area contributed by atoms with Crippen molar-refractivity contribution in [1.29, 1.82) is 0 Å². The van der Waals surface area contributed by atoms with Crippen LogP contribution < -0.4 is 5.32 Å². The van der Waals surface area contributed by atoms with Gasteiger partial charge in [0.15, 0.2) is 5.16 Å². The fraction of sp³-hybridized carbons (Fsp3) is 0.238. The lowest BCUT2D eigenvalue weighted by molar-refractivity contribution is -0.113. The molecule has 0 bridgehead atoms. The van der Waals surface area contributed by atoms with Gasteiger partial charge in [0.1, 0.15) is 5.82 Å². The summed E-state index contributed by atoms with van der Waals surface area (Å²) in [5.74, 6) is -0.520. The lowest BCUT2D eigenvalue weighted by atomic mass is 10.1. The number of aryl methyl sites for hydroxylation is 1. The van der Waals surface area contributed by atoms with Crippen LogP contribution in [0.4, 0.5) is 10.1 Å². The summed E-state index contributed by atoms with van der Waals surface area (Å²) in [6, 6.07) is 9.08. The average Bonchev–Trinajstić information content (AvgIpc) is 3.19. The number of thioether (sulfide) groups is 1. The molecule has 0 saturated heterocycles. The van der Waals surface area contributed by atoms with Crippen LogP contribution in [0.5, 0.6) is 0 Å². The largest absolute Gasteiger partial charge is 0.333 e. The fourth-order valence-electron chi connectivity index (χ4n) is 2.79. The van der Waals surface area contributed by atoms with Crippen LogP contribution in [-0.4, -0.2) is 48.4 Å². The van der Waals surface area contributed by atoms with Crippen LogP contribution in [0.15, 0.2) is 52.6 Å². The molecule has 31 heavy (non-hydrogen) atoms. The Morgan fingerprint density at radius 3 is 2.52 bits per heavy atom. The Morgan fingerprint density at radius 2 is 1.87 bits per heavy atom. The van der Waals surface area contributed by atoms with Crippen LogP contribution in [-0.2, 0) is 14.8 Å². The number of rotatable bonds is 7. The van der Waals surface area contributed by atoms with Gasteiger partial charge in [0.25, 0.3) is 0 Å². The van der Waals surface area contributed by atoms with Crippen molar-refractivity contribution in [2.75, 3.05) is 25.2 Å². The summed E-state index contributed by atoms with van der Waals surface area (Å²) < 4.78 is 39.1. The van der Waals surface area contributed by atoms with E-state index in [2.05, 4.69) is 15.3 Å². The molecular formula is C21H23FN4O3S2. The van der Waals surface area contributed by atoms with E-state index < -0.39 is 10.0 Å². The van der Waals surface area contributed by atoms with Crippen molar-refractivity contribution >= 4 is 33.4 Å². The highest BCUT2D eigenvalue weighted by atomic mass is 32.2. The van der Waals surface area contributed by atoms with E-state index in [4.69, 9.17) is 0 Å². The zero-order valence-electron chi connectivity index (χ0n) is 17.6. The van der Waals surface area contributed by atoms with E-state index in [1.807, 2.05) is 6.92 Å². The van der Waals surface area contributed by atoms with Gasteiger partial charge >= 0.3 is 0 Å². The highest BCUT2D eigenvalue weighted by Crippen LogP contribution is 2.26. The van der Waals surface area contributed by atoms with E-state index in [1.165, 1.54) is 44.1 Å². The van der Waals surface area contributed by atoms with Crippen molar-refractivity contribution < 1.29 is 17.6 Å². The molecule has 1 heterocycles. The maximum Gasteiger partial charge on any atom is 0.242 e. The first kappa shape index (κ1) is 23.0. The molecule has 0 fully saturated rings. The highest BCUT2D eigenvalue weighted by molar-refractivity contribution is 7.99. The minimum atomic E-state index is -3.62. The van der Waals surface area contributed by atoms with Crippen molar-refractivity contribution in [2.45, 2.75) is 23.9 Å². The van der Waals surface area contributed by atoms with E-state index in [-0.39, 0.29) is 22.4 Å². The first-order valence-corrected chi connectivity index (χ1v) is 11.8. The Hall–Kier alpha value is -2.69. The third-order valence-electron chi connectivity index (χ3n) is 4.74. The monoisotopic (exact) mass is 462 g/mol. The summed E-state index contributed by atoms with van der Waals surface area (Å²) >= 11 is 1.21. The number of hydrogen-bond acceptors (Lipinski definition) is 5. The number of aromatic amines is 1. The summed E-state index contributed by atoms with van der Waals surface area (Å²) in [5.41, 5.74) is 3.53. The zero-order chi connectivity index (χ0) is 22.8. The van der Waals surface area contributed by atoms with Gasteiger partial charge in [0, 0.05) is 19.8 Å². The van der Waals surface area contributed by atoms with Crippen LogP contribution >= 0.6 is 11.8 Å². The van der Waals surface area contributed by atoms with Crippen LogP contribution in [0, 0.1) is 19.7 Å².